The predicted molar refractivity (Wildman–Crippen MR) is 142 cm³/mol. The minimum atomic E-state index is -5.93. The first kappa shape index (κ1) is 30.6. The number of hydrogen-bond acceptors (Lipinski definition) is 5. The van der Waals surface area contributed by atoms with Crippen molar-refractivity contribution in [3.63, 3.8) is 0 Å². The zero-order valence-corrected chi connectivity index (χ0v) is 24.5. The SMILES string of the molecule is CC1CCN(C(c2ccc(F)cc2)c2ccc(CO[Si](C)(C)C(C)(C)C)cc2OS(=O)(=O)C(F)(F)F)CC1. The summed E-state index contributed by atoms with van der Waals surface area (Å²) in [6.45, 7) is 13.8. The lowest BCUT2D eigenvalue weighted by Gasteiger charge is -2.38. The Labute approximate surface area is 224 Å². The number of nitrogens with zero attached hydrogens (tertiary/aromatic N) is 1. The van der Waals surface area contributed by atoms with Crippen LogP contribution in [-0.2, 0) is 21.2 Å². The number of hydrogen-bond donors (Lipinski definition) is 0. The molecule has 0 bridgehead atoms. The van der Waals surface area contributed by atoms with Gasteiger partial charge >= 0.3 is 15.6 Å². The van der Waals surface area contributed by atoms with E-state index in [-0.39, 0.29) is 17.2 Å². The second-order valence-electron chi connectivity index (χ2n) is 11.6. The van der Waals surface area contributed by atoms with Crippen molar-refractivity contribution < 1.29 is 34.6 Å². The summed E-state index contributed by atoms with van der Waals surface area (Å²) in [5.74, 6) is -0.378. The van der Waals surface area contributed by atoms with Crippen molar-refractivity contribution in [1.82, 2.24) is 4.90 Å². The first-order chi connectivity index (χ1) is 17.4. The molecular formula is C27H37F4NO4SSi. The van der Waals surface area contributed by atoms with Crippen LogP contribution >= 0.6 is 0 Å². The molecule has 0 radical (unpaired) electrons. The number of piperidine rings is 1. The van der Waals surface area contributed by atoms with E-state index in [1.165, 1.54) is 18.2 Å². The van der Waals surface area contributed by atoms with E-state index in [2.05, 4.69) is 45.7 Å². The Kier molecular flexibility index (Phi) is 9.07. The molecule has 212 valence electrons. The van der Waals surface area contributed by atoms with Gasteiger partial charge in [0.25, 0.3) is 0 Å². The summed E-state index contributed by atoms with van der Waals surface area (Å²) < 4.78 is 89.1. The summed E-state index contributed by atoms with van der Waals surface area (Å²) >= 11 is 0. The van der Waals surface area contributed by atoms with Gasteiger partial charge in [-0.2, -0.15) is 21.6 Å². The number of halogens is 4. The Morgan fingerprint density at radius 2 is 1.61 bits per heavy atom. The fourth-order valence-corrected chi connectivity index (χ4v) is 5.57. The molecule has 0 aliphatic carbocycles. The third-order valence-corrected chi connectivity index (χ3v) is 13.1. The number of benzene rings is 2. The summed E-state index contributed by atoms with van der Waals surface area (Å²) in [6, 6.07) is 9.69. The number of rotatable bonds is 8. The van der Waals surface area contributed by atoms with Crippen LogP contribution in [0.2, 0.25) is 18.1 Å². The topological polar surface area (TPSA) is 55.8 Å². The summed E-state index contributed by atoms with van der Waals surface area (Å²) in [7, 11) is -8.12. The first-order valence-corrected chi connectivity index (χ1v) is 17.0. The van der Waals surface area contributed by atoms with Crippen molar-refractivity contribution in [3.8, 4) is 5.75 Å². The van der Waals surface area contributed by atoms with Crippen molar-refractivity contribution in [1.29, 1.82) is 0 Å². The highest BCUT2D eigenvalue weighted by atomic mass is 32.2. The van der Waals surface area contributed by atoms with Crippen LogP contribution in [0.1, 0.15) is 63.3 Å². The Hall–Kier alpha value is -1.95. The lowest BCUT2D eigenvalue weighted by Crippen LogP contribution is -2.40. The molecule has 11 heteroatoms. The van der Waals surface area contributed by atoms with Crippen molar-refractivity contribution in [2.75, 3.05) is 13.1 Å². The van der Waals surface area contributed by atoms with Gasteiger partial charge in [-0.1, -0.05) is 52.0 Å². The smallest absolute Gasteiger partial charge is 0.413 e. The van der Waals surface area contributed by atoms with Crippen LogP contribution in [0.15, 0.2) is 42.5 Å². The van der Waals surface area contributed by atoms with E-state index in [0.717, 1.165) is 12.8 Å². The van der Waals surface area contributed by atoms with Crippen LogP contribution in [0.3, 0.4) is 0 Å². The minimum Gasteiger partial charge on any atom is -0.413 e. The quantitative estimate of drug-likeness (QED) is 0.142. The average molecular weight is 576 g/mol. The molecule has 0 N–H and O–H groups in total. The van der Waals surface area contributed by atoms with Crippen LogP contribution in [0.25, 0.3) is 0 Å². The van der Waals surface area contributed by atoms with Gasteiger partial charge in [0.15, 0.2) is 8.32 Å². The molecule has 1 aliphatic rings. The number of alkyl halides is 3. The fraction of sp³-hybridized carbons (Fsp3) is 0.556. The molecule has 1 heterocycles. The highest BCUT2D eigenvalue weighted by molar-refractivity contribution is 7.88. The summed E-state index contributed by atoms with van der Waals surface area (Å²) in [5.41, 5.74) is -4.21. The molecule has 3 rings (SSSR count). The summed E-state index contributed by atoms with van der Waals surface area (Å²) in [5, 5.41) is -0.0923. The zero-order valence-electron chi connectivity index (χ0n) is 22.7. The highest BCUT2D eigenvalue weighted by Gasteiger charge is 2.49. The first-order valence-electron chi connectivity index (χ1n) is 12.7. The maximum absolute atomic E-state index is 13.7. The lowest BCUT2D eigenvalue weighted by atomic mass is 9.91. The third kappa shape index (κ3) is 7.16. The Balaban J connectivity index is 2.10. The normalized spacial score (nSPS) is 17.4. The van der Waals surface area contributed by atoms with E-state index >= 15 is 0 Å². The van der Waals surface area contributed by atoms with Gasteiger partial charge in [0.2, 0.25) is 0 Å². The largest absolute Gasteiger partial charge is 0.534 e. The molecule has 0 saturated carbocycles. The molecule has 2 aromatic rings. The molecule has 0 amide bonds. The molecule has 1 saturated heterocycles. The van der Waals surface area contributed by atoms with Crippen LogP contribution in [0.4, 0.5) is 17.6 Å². The molecular weight excluding hydrogens is 538 g/mol. The number of likely N-dealkylation sites (tertiary alicyclic amines) is 1. The monoisotopic (exact) mass is 575 g/mol. The third-order valence-electron chi connectivity index (χ3n) is 7.63. The minimum absolute atomic E-state index is 0.0923. The van der Waals surface area contributed by atoms with Crippen LogP contribution in [0, 0.1) is 11.7 Å². The highest BCUT2D eigenvalue weighted by Crippen LogP contribution is 2.41. The van der Waals surface area contributed by atoms with Gasteiger partial charge in [-0.25, -0.2) is 4.39 Å². The molecule has 1 fully saturated rings. The van der Waals surface area contributed by atoms with Gasteiger partial charge in [-0.3, -0.25) is 4.90 Å². The molecule has 1 unspecified atom stereocenters. The van der Waals surface area contributed by atoms with E-state index in [1.54, 1.807) is 24.3 Å². The van der Waals surface area contributed by atoms with Gasteiger partial charge in [0, 0.05) is 5.56 Å². The second-order valence-corrected chi connectivity index (χ2v) is 17.9. The van der Waals surface area contributed by atoms with Crippen molar-refractivity contribution in [2.24, 2.45) is 5.92 Å². The second kappa shape index (κ2) is 11.3. The summed E-state index contributed by atoms with van der Waals surface area (Å²) in [6.07, 6.45) is 1.74. The van der Waals surface area contributed by atoms with Gasteiger partial charge in [0.1, 0.15) is 11.6 Å². The summed E-state index contributed by atoms with van der Waals surface area (Å²) in [4.78, 5) is 2.07. The Morgan fingerprint density at radius 3 is 2.13 bits per heavy atom. The van der Waals surface area contributed by atoms with Gasteiger partial charge in [-0.05, 0) is 79.3 Å². The van der Waals surface area contributed by atoms with E-state index in [9.17, 15) is 26.0 Å². The molecule has 0 aromatic heterocycles. The fourth-order valence-electron chi connectivity index (χ4n) is 4.13. The van der Waals surface area contributed by atoms with Gasteiger partial charge < -0.3 is 8.61 Å². The maximum atomic E-state index is 13.7. The Morgan fingerprint density at radius 1 is 1.03 bits per heavy atom. The average Bonchev–Trinajstić information content (AvgIpc) is 2.80. The van der Waals surface area contributed by atoms with Crippen molar-refractivity contribution >= 4 is 18.4 Å². The van der Waals surface area contributed by atoms with Gasteiger partial charge in [-0.15, -0.1) is 0 Å². The standard InChI is InChI=1S/C27H37F4NO4SSi/c1-19-13-15-32(16-14-19)25(21-8-10-22(28)11-9-21)23-12-7-20(18-35-38(5,6)26(2,3)4)17-24(23)36-37(33,34)27(29,30)31/h7-12,17,19,25H,13-16,18H2,1-6H3. The zero-order chi connectivity index (χ0) is 28.5. The maximum Gasteiger partial charge on any atom is 0.534 e. The van der Waals surface area contributed by atoms with E-state index < -0.39 is 41.6 Å². The van der Waals surface area contributed by atoms with E-state index in [4.69, 9.17) is 8.61 Å². The lowest BCUT2D eigenvalue weighted by molar-refractivity contribution is -0.0500. The van der Waals surface area contributed by atoms with Gasteiger partial charge in [0.05, 0.1) is 12.6 Å². The molecule has 5 nitrogen and oxygen atoms in total. The van der Waals surface area contributed by atoms with Crippen LogP contribution < -0.4 is 4.18 Å². The van der Waals surface area contributed by atoms with Crippen LogP contribution in [-0.4, -0.2) is 40.2 Å². The molecule has 1 atom stereocenters. The molecule has 1 aliphatic heterocycles. The van der Waals surface area contributed by atoms with Crippen molar-refractivity contribution in [2.45, 2.75) is 76.8 Å². The Bertz CT molecular complexity index is 1200. The van der Waals surface area contributed by atoms with Crippen molar-refractivity contribution in [3.05, 3.63) is 65.0 Å². The molecule has 38 heavy (non-hydrogen) atoms. The van der Waals surface area contributed by atoms with Crippen LogP contribution in [0.5, 0.6) is 5.75 Å². The van der Waals surface area contributed by atoms with E-state index in [1.807, 2.05) is 0 Å². The van der Waals surface area contributed by atoms with E-state index in [0.29, 0.717) is 30.1 Å². The molecule has 0 spiro atoms. The molecule has 2 aromatic carbocycles. The predicted octanol–water partition coefficient (Wildman–Crippen LogP) is 7.40.